The van der Waals surface area contributed by atoms with Gasteiger partial charge >= 0.3 is 0 Å². The van der Waals surface area contributed by atoms with Crippen molar-refractivity contribution < 1.29 is 0 Å². The Balaban J connectivity index is 2.09. The first kappa shape index (κ1) is 10.9. The third-order valence-electron chi connectivity index (χ3n) is 2.57. The van der Waals surface area contributed by atoms with Crippen molar-refractivity contribution in [2.24, 2.45) is 0 Å². The highest BCUT2D eigenvalue weighted by Gasteiger charge is 2.13. The molecule has 3 rings (SSSR count). The maximum atomic E-state index is 6.31. The van der Waals surface area contributed by atoms with E-state index in [0.29, 0.717) is 10.8 Å². The van der Waals surface area contributed by atoms with Crippen LogP contribution in [0.5, 0.6) is 0 Å². The van der Waals surface area contributed by atoms with E-state index in [1.165, 1.54) is 0 Å². The molecule has 0 atom stereocenters. The Labute approximate surface area is 109 Å². The van der Waals surface area contributed by atoms with E-state index in [4.69, 9.17) is 11.6 Å². The quantitative estimate of drug-likeness (QED) is 0.708. The standard InChI is InChI=1S/C13H9ClN4/c14-13-12(10-4-2-1-3-5-10)16-17-18(13)11-6-8-15-9-7-11/h1-9H. The molecule has 0 aliphatic rings. The summed E-state index contributed by atoms with van der Waals surface area (Å²) in [7, 11) is 0. The van der Waals surface area contributed by atoms with E-state index in [9.17, 15) is 0 Å². The van der Waals surface area contributed by atoms with Gasteiger partial charge in [-0.1, -0.05) is 47.1 Å². The zero-order valence-corrected chi connectivity index (χ0v) is 10.1. The van der Waals surface area contributed by atoms with E-state index < -0.39 is 0 Å². The maximum absolute atomic E-state index is 6.31. The minimum Gasteiger partial charge on any atom is -0.265 e. The van der Waals surface area contributed by atoms with Gasteiger partial charge in [0.15, 0.2) is 5.15 Å². The van der Waals surface area contributed by atoms with Gasteiger partial charge in [0.25, 0.3) is 0 Å². The lowest BCUT2D eigenvalue weighted by molar-refractivity contribution is 0.803. The maximum Gasteiger partial charge on any atom is 0.161 e. The van der Waals surface area contributed by atoms with Crippen molar-refractivity contribution in [3.05, 3.63) is 60.0 Å². The lowest BCUT2D eigenvalue weighted by Gasteiger charge is -2.01. The molecule has 1 aromatic carbocycles. The van der Waals surface area contributed by atoms with Crippen LogP contribution >= 0.6 is 11.6 Å². The van der Waals surface area contributed by atoms with E-state index in [2.05, 4.69) is 15.3 Å². The molecule has 0 aliphatic heterocycles. The lowest BCUT2D eigenvalue weighted by Crippen LogP contribution is -1.96. The molecule has 0 saturated heterocycles. The Kier molecular flexibility index (Phi) is 2.78. The normalized spacial score (nSPS) is 10.5. The molecule has 2 heterocycles. The van der Waals surface area contributed by atoms with Crippen LogP contribution in [0.3, 0.4) is 0 Å². The van der Waals surface area contributed by atoms with Crippen molar-refractivity contribution >= 4 is 11.6 Å². The molecule has 0 unspecified atom stereocenters. The molecule has 4 nitrogen and oxygen atoms in total. The Bertz CT molecular complexity index is 592. The van der Waals surface area contributed by atoms with Gasteiger partial charge in [0, 0.05) is 18.0 Å². The number of hydrogen-bond acceptors (Lipinski definition) is 3. The largest absolute Gasteiger partial charge is 0.265 e. The van der Waals surface area contributed by atoms with Crippen LogP contribution in [0, 0.1) is 0 Å². The van der Waals surface area contributed by atoms with Gasteiger partial charge in [-0.15, -0.1) is 5.10 Å². The van der Waals surface area contributed by atoms with Crippen molar-refractivity contribution in [3.63, 3.8) is 0 Å². The summed E-state index contributed by atoms with van der Waals surface area (Å²) in [5.41, 5.74) is 2.46. The van der Waals surface area contributed by atoms with Crippen LogP contribution in [0.1, 0.15) is 0 Å². The van der Waals surface area contributed by atoms with Gasteiger partial charge in [0.05, 0.1) is 5.69 Å². The number of aromatic nitrogens is 4. The molecule has 5 heteroatoms. The van der Waals surface area contributed by atoms with Gasteiger partial charge in [-0.2, -0.15) is 0 Å². The van der Waals surface area contributed by atoms with Gasteiger partial charge in [-0.25, -0.2) is 4.68 Å². The highest BCUT2D eigenvalue weighted by atomic mass is 35.5. The first-order chi connectivity index (χ1) is 8.86. The molecule has 0 N–H and O–H groups in total. The zero-order chi connectivity index (χ0) is 12.4. The number of halogens is 1. The van der Waals surface area contributed by atoms with Crippen LogP contribution < -0.4 is 0 Å². The molecule has 0 spiro atoms. The molecule has 0 radical (unpaired) electrons. The third-order valence-corrected chi connectivity index (χ3v) is 2.91. The zero-order valence-electron chi connectivity index (χ0n) is 9.36. The second kappa shape index (κ2) is 4.58. The third kappa shape index (κ3) is 1.87. The van der Waals surface area contributed by atoms with Gasteiger partial charge in [-0.3, -0.25) is 4.98 Å². The van der Waals surface area contributed by atoms with Crippen LogP contribution in [0.15, 0.2) is 54.9 Å². The minimum atomic E-state index is 0.493. The lowest BCUT2D eigenvalue weighted by atomic mass is 10.2. The molecule has 0 aliphatic carbocycles. The summed E-state index contributed by atoms with van der Waals surface area (Å²) in [5, 5.41) is 8.69. The molecule has 0 amide bonds. The highest BCUT2D eigenvalue weighted by Crippen LogP contribution is 2.26. The van der Waals surface area contributed by atoms with E-state index in [1.807, 2.05) is 42.5 Å². The number of nitrogens with zero attached hydrogens (tertiary/aromatic N) is 4. The van der Waals surface area contributed by atoms with Gasteiger partial charge < -0.3 is 0 Å². The summed E-state index contributed by atoms with van der Waals surface area (Å²) >= 11 is 6.31. The smallest absolute Gasteiger partial charge is 0.161 e. The molecular weight excluding hydrogens is 248 g/mol. The number of benzene rings is 1. The molecule has 0 saturated carbocycles. The number of pyridine rings is 1. The van der Waals surface area contributed by atoms with Crippen LogP contribution in [-0.2, 0) is 0 Å². The van der Waals surface area contributed by atoms with Crippen molar-refractivity contribution in [1.29, 1.82) is 0 Å². The van der Waals surface area contributed by atoms with Crippen LogP contribution in [0.25, 0.3) is 16.9 Å². The second-order valence-corrected chi connectivity index (χ2v) is 4.07. The summed E-state index contributed by atoms with van der Waals surface area (Å²) in [6.07, 6.45) is 3.38. The minimum absolute atomic E-state index is 0.493. The highest BCUT2D eigenvalue weighted by molar-refractivity contribution is 6.32. The molecular formula is C13H9ClN4. The molecule has 88 valence electrons. The van der Waals surface area contributed by atoms with Crippen LogP contribution in [0.2, 0.25) is 5.15 Å². The summed E-state index contributed by atoms with van der Waals surface area (Å²) in [6, 6.07) is 13.4. The number of hydrogen-bond donors (Lipinski definition) is 0. The van der Waals surface area contributed by atoms with Crippen molar-refractivity contribution in [1.82, 2.24) is 20.0 Å². The van der Waals surface area contributed by atoms with Crippen molar-refractivity contribution in [2.45, 2.75) is 0 Å². The van der Waals surface area contributed by atoms with Crippen LogP contribution in [-0.4, -0.2) is 20.0 Å². The predicted molar refractivity (Wildman–Crippen MR) is 69.6 cm³/mol. The monoisotopic (exact) mass is 256 g/mol. The second-order valence-electron chi connectivity index (χ2n) is 3.71. The van der Waals surface area contributed by atoms with Crippen LogP contribution in [0.4, 0.5) is 0 Å². The van der Waals surface area contributed by atoms with Crippen molar-refractivity contribution in [3.8, 4) is 16.9 Å². The van der Waals surface area contributed by atoms with Gasteiger partial charge in [-0.05, 0) is 12.1 Å². The first-order valence-corrected chi connectivity index (χ1v) is 5.81. The summed E-state index contributed by atoms with van der Waals surface area (Å²) in [4.78, 5) is 3.96. The fourth-order valence-corrected chi connectivity index (χ4v) is 1.97. The Hall–Kier alpha value is -2.20. The fourth-order valence-electron chi connectivity index (χ4n) is 1.69. The van der Waals surface area contributed by atoms with E-state index in [-0.39, 0.29) is 0 Å². The van der Waals surface area contributed by atoms with E-state index in [0.717, 1.165) is 11.3 Å². The number of rotatable bonds is 2. The average molecular weight is 257 g/mol. The SMILES string of the molecule is Clc1c(-c2ccccc2)nnn1-c1ccncc1. The molecule has 18 heavy (non-hydrogen) atoms. The Morgan fingerprint density at radius 2 is 1.67 bits per heavy atom. The average Bonchev–Trinajstić information content (AvgIpc) is 2.83. The Morgan fingerprint density at radius 3 is 2.39 bits per heavy atom. The van der Waals surface area contributed by atoms with E-state index in [1.54, 1.807) is 17.1 Å². The van der Waals surface area contributed by atoms with Crippen molar-refractivity contribution in [2.75, 3.05) is 0 Å². The molecule has 3 aromatic rings. The molecule has 2 aromatic heterocycles. The van der Waals surface area contributed by atoms with Gasteiger partial charge in [0.1, 0.15) is 5.69 Å². The van der Waals surface area contributed by atoms with Gasteiger partial charge in [0.2, 0.25) is 0 Å². The Morgan fingerprint density at radius 1 is 0.944 bits per heavy atom. The summed E-state index contributed by atoms with van der Waals surface area (Å²) in [5.74, 6) is 0. The predicted octanol–water partition coefficient (Wildman–Crippen LogP) is 2.98. The topological polar surface area (TPSA) is 43.6 Å². The summed E-state index contributed by atoms with van der Waals surface area (Å²) < 4.78 is 1.59. The molecule has 0 fully saturated rings. The first-order valence-electron chi connectivity index (χ1n) is 5.43. The molecule has 0 bridgehead atoms. The summed E-state index contributed by atoms with van der Waals surface area (Å²) in [6.45, 7) is 0. The fraction of sp³-hybridized carbons (Fsp3) is 0. The van der Waals surface area contributed by atoms with E-state index >= 15 is 0 Å².